The van der Waals surface area contributed by atoms with Crippen molar-refractivity contribution in [3.05, 3.63) is 47.5 Å². The van der Waals surface area contributed by atoms with Gasteiger partial charge in [0.05, 0.1) is 38.2 Å². The molecule has 1 aliphatic heterocycles. The smallest absolute Gasteiger partial charge is 0.251 e. The number of likely N-dealkylation sites (N-methyl/N-ethyl adjacent to an activating group) is 1. The minimum Gasteiger partial charge on any atom is -0.496 e. The summed E-state index contributed by atoms with van der Waals surface area (Å²) < 4.78 is 26.4. The Morgan fingerprint density at radius 3 is 2.39 bits per heavy atom. The van der Waals surface area contributed by atoms with Crippen LogP contribution in [0.5, 0.6) is 5.75 Å². The molecule has 2 aromatic rings. The highest BCUT2D eigenvalue weighted by atomic mass is 32.3. The van der Waals surface area contributed by atoms with E-state index in [1.54, 1.807) is 31.2 Å². The van der Waals surface area contributed by atoms with Crippen molar-refractivity contribution in [3.8, 4) is 16.9 Å². The first-order chi connectivity index (χ1) is 25.2. The van der Waals surface area contributed by atoms with Gasteiger partial charge in [-0.05, 0) is 80.8 Å². The van der Waals surface area contributed by atoms with Crippen LogP contribution in [0.15, 0.2) is 36.4 Å². The Morgan fingerprint density at radius 1 is 1.13 bits per heavy atom. The van der Waals surface area contributed by atoms with Gasteiger partial charge in [-0.2, -0.15) is 15.7 Å². The van der Waals surface area contributed by atoms with Crippen LogP contribution in [0.2, 0.25) is 0 Å². The van der Waals surface area contributed by atoms with E-state index in [1.807, 2.05) is 62.3 Å². The fourth-order valence-corrected chi connectivity index (χ4v) is 10.2. The average molecular weight is 774 g/mol. The van der Waals surface area contributed by atoms with Crippen molar-refractivity contribution >= 4 is 28.1 Å². The van der Waals surface area contributed by atoms with E-state index in [1.165, 1.54) is 12.7 Å². The maximum atomic E-state index is 14.2. The molecule has 0 unspecified atom stereocenters. The number of carbonyl (C=O) groups excluding carboxylic acids is 2. The predicted octanol–water partition coefficient (Wildman–Crippen LogP) is 4.13. The van der Waals surface area contributed by atoms with Gasteiger partial charge < -0.3 is 35.4 Å². The number of nitrogens with zero attached hydrogens (tertiary/aromatic N) is 3. The first kappa shape index (κ1) is 42.2. The van der Waals surface area contributed by atoms with Gasteiger partial charge in [0, 0.05) is 61.2 Å². The molecule has 0 radical (unpaired) electrons. The maximum Gasteiger partial charge on any atom is 0.251 e. The number of hydrogen-bond acceptors (Lipinski definition) is 11. The van der Waals surface area contributed by atoms with Crippen molar-refractivity contribution in [2.45, 2.75) is 77.4 Å². The van der Waals surface area contributed by atoms with E-state index in [2.05, 4.69) is 31.4 Å². The summed E-state index contributed by atoms with van der Waals surface area (Å²) in [4.78, 5) is 38.1. The van der Waals surface area contributed by atoms with Crippen LogP contribution in [-0.2, 0) is 16.2 Å². The highest BCUT2D eigenvalue weighted by Crippen LogP contribution is 2.61. The lowest BCUT2D eigenvalue weighted by molar-refractivity contribution is -0.183. The molecule has 14 heteroatoms. The van der Waals surface area contributed by atoms with Crippen molar-refractivity contribution in [1.29, 1.82) is 0 Å². The number of anilines is 1. The van der Waals surface area contributed by atoms with Gasteiger partial charge in [-0.25, -0.2) is 0 Å². The zero-order chi connectivity index (χ0) is 39.9. The summed E-state index contributed by atoms with van der Waals surface area (Å²) in [6, 6.07) is 9.87. The van der Waals surface area contributed by atoms with Gasteiger partial charge in [-0.15, -0.1) is 0 Å². The Morgan fingerprint density at radius 2 is 1.83 bits per heavy atom. The highest BCUT2D eigenvalue weighted by molar-refractivity contribution is 8.23. The van der Waals surface area contributed by atoms with Crippen LogP contribution < -0.4 is 20.3 Å². The number of hydroxylamine groups is 2. The molecule has 4 aliphatic rings. The number of aliphatic hydroxyl groups is 2. The second-order valence-electron chi connectivity index (χ2n) is 17.0. The van der Waals surface area contributed by atoms with Gasteiger partial charge in [-0.3, -0.25) is 23.5 Å². The van der Waals surface area contributed by atoms with E-state index in [0.29, 0.717) is 52.3 Å². The maximum absolute atomic E-state index is 14.2. The van der Waals surface area contributed by atoms with E-state index >= 15 is 0 Å². The molecule has 1 saturated heterocycles. The van der Waals surface area contributed by atoms with Gasteiger partial charge in [0.2, 0.25) is 5.91 Å². The first-order valence-electron chi connectivity index (χ1n) is 18.9. The van der Waals surface area contributed by atoms with Gasteiger partial charge in [0.15, 0.2) is 0 Å². The Kier molecular flexibility index (Phi) is 13.0. The topological polar surface area (TPSA) is 167 Å². The van der Waals surface area contributed by atoms with E-state index in [4.69, 9.17) is 9.57 Å². The molecule has 6 rings (SSSR count). The van der Waals surface area contributed by atoms with Crippen LogP contribution in [-0.4, -0.2) is 132 Å². The number of nitrogens with one attached hydrogen (secondary N) is 2. The van der Waals surface area contributed by atoms with Crippen molar-refractivity contribution in [3.63, 3.8) is 0 Å². The zero-order valence-corrected chi connectivity index (χ0v) is 34.4. The fraction of sp³-hybridized carbons (Fsp3) is 0.650. The minimum atomic E-state index is -2.86. The lowest BCUT2D eigenvalue weighted by Gasteiger charge is -2.62. The molecule has 3 saturated carbocycles. The van der Waals surface area contributed by atoms with Crippen LogP contribution in [0.1, 0.15) is 56.5 Å². The lowest BCUT2D eigenvalue weighted by atomic mass is 9.45. The number of carbonyl (C=O) groups is 2. The summed E-state index contributed by atoms with van der Waals surface area (Å²) in [6.45, 7) is 8.69. The van der Waals surface area contributed by atoms with Crippen molar-refractivity contribution in [2.75, 3.05) is 65.4 Å². The van der Waals surface area contributed by atoms with Gasteiger partial charge in [0.1, 0.15) is 17.9 Å². The minimum absolute atomic E-state index is 0.0170. The number of para-hydroxylation sites is 1. The number of amides is 2. The highest BCUT2D eigenvalue weighted by Gasteiger charge is 2.57. The lowest BCUT2D eigenvalue weighted by Crippen LogP contribution is -2.62. The molecule has 6 N–H and O–H groups in total. The number of fused-ring (bicyclic) bond motifs is 2. The van der Waals surface area contributed by atoms with Crippen LogP contribution in [0, 0.1) is 29.1 Å². The number of rotatable bonds is 15. The second kappa shape index (κ2) is 16.6. The molecule has 4 fully saturated rings. The van der Waals surface area contributed by atoms with Crippen molar-refractivity contribution in [1.82, 2.24) is 20.6 Å². The Labute approximate surface area is 322 Å². The summed E-state index contributed by atoms with van der Waals surface area (Å²) >= 11 is 0. The SMILES string of the molecule is COc1c(CN2O[C@@H](CO)[C@@H]([C@H](C)O)[C@H]2C(=O)N[C@H]2C[C@H]3C[C@H]([C@@H]2C)C3(C)C)cccc1-c1cc(C(=O)N[C@H](CN(C)C)CS(C)(O)O)cc(N(C)C)c1. The normalized spacial score (nSPS) is 27.9. The second-order valence-corrected chi connectivity index (χ2v) is 19.3. The van der Waals surface area contributed by atoms with E-state index in [0.717, 1.165) is 12.1 Å². The molecule has 13 nitrogen and oxygen atoms in total. The molecule has 2 bridgehead atoms. The molecule has 1 heterocycles. The molecule has 2 amide bonds. The summed E-state index contributed by atoms with van der Waals surface area (Å²) in [6.07, 6.45) is 1.77. The molecule has 302 valence electrons. The molecular formula is C40H63N5O8S. The number of methoxy groups -OCH3 is 1. The van der Waals surface area contributed by atoms with Crippen molar-refractivity contribution in [2.24, 2.45) is 29.1 Å². The summed E-state index contributed by atoms with van der Waals surface area (Å²) in [5.74, 6) is 0.714. The summed E-state index contributed by atoms with van der Waals surface area (Å²) in [5, 5.41) is 29.2. The molecule has 0 spiro atoms. The number of aliphatic hydroxyl groups excluding tert-OH is 2. The Hall–Kier alpha value is -2.95. The van der Waals surface area contributed by atoms with Gasteiger partial charge >= 0.3 is 0 Å². The third-order valence-corrected chi connectivity index (χ3v) is 13.2. The monoisotopic (exact) mass is 773 g/mol. The average Bonchev–Trinajstić information content (AvgIpc) is 3.46. The standard InChI is InChI=1S/C40H63N5O8S/c1-23-32-17-28(40(32,3)4)18-33(23)42-39(49)36-35(24(2)47)34(21-46)53-45(36)19-25-12-11-13-31(37(25)52-9)26-14-27(16-30(15-26)44(7)8)38(48)41-29(20-43(5)6)22-54(10,50)51/h11-16,23-24,28-29,32-36,46-47,50-51H,17-22H2,1-10H3,(H,41,48)(H,42,49)/t23-,24-,28+,29+,32+,33-,34-,35+,36-/m0/s1. The molecule has 2 aromatic carbocycles. The van der Waals surface area contributed by atoms with Gasteiger partial charge in [0.25, 0.3) is 5.91 Å². The third-order valence-electron chi connectivity index (χ3n) is 12.1. The molecule has 9 atom stereocenters. The van der Waals surface area contributed by atoms with Crippen LogP contribution >= 0.6 is 10.6 Å². The summed E-state index contributed by atoms with van der Waals surface area (Å²) in [7, 11) is 6.21. The van der Waals surface area contributed by atoms with Crippen LogP contribution in [0.3, 0.4) is 0 Å². The Bertz CT molecular complexity index is 1650. The molecule has 54 heavy (non-hydrogen) atoms. The van der Waals surface area contributed by atoms with Crippen LogP contribution in [0.4, 0.5) is 5.69 Å². The Balaban J connectivity index is 1.45. The van der Waals surface area contributed by atoms with E-state index < -0.39 is 40.8 Å². The van der Waals surface area contributed by atoms with E-state index in [-0.39, 0.29) is 42.2 Å². The molecular weight excluding hydrogens is 711 g/mol. The quantitative estimate of drug-likeness (QED) is 0.154. The summed E-state index contributed by atoms with van der Waals surface area (Å²) in [5.41, 5.74) is 3.58. The van der Waals surface area contributed by atoms with E-state index in [9.17, 15) is 28.9 Å². The molecule has 0 aromatic heterocycles. The largest absolute Gasteiger partial charge is 0.496 e. The molecule has 3 aliphatic carbocycles. The third kappa shape index (κ3) is 9.02. The van der Waals surface area contributed by atoms with Crippen LogP contribution in [0.25, 0.3) is 11.1 Å². The van der Waals surface area contributed by atoms with Crippen molar-refractivity contribution < 1.29 is 38.5 Å². The number of benzene rings is 2. The van der Waals surface area contributed by atoms with Gasteiger partial charge in [-0.1, -0.05) is 39.0 Å². The first-order valence-corrected chi connectivity index (χ1v) is 21.1. The zero-order valence-electron chi connectivity index (χ0n) is 33.6. The predicted molar refractivity (Wildman–Crippen MR) is 214 cm³/mol. The fourth-order valence-electron chi connectivity index (χ4n) is 9.22. The number of ether oxygens (including phenoxy) is 1. The number of hydrogen-bond donors (Lipinski definition) is 6.